The molecule has 2 aromatic rings. The third-order valence-corrected chi connectivity index (χ3v) is 11.8. The van der Waals surface area contributed by atoms with Crippen molar-refractivity contribution in [1.29, 1.82) is 0 Å². The first-order valence-electron chi connectivity index (χ1n) is 10.0. The molecule has 0 radical (unpaired) electrons. The van der Waals surface area contributed by atoms with Gasteiger partial charge in [0.25, 0.3) is 0 Å². The highest BCUT2D eigenvalue weighted by atomic mass is 32.3. The molecule has 1 aliphatic rings. The average molecular weight is 436 g/mol. The van der Waals surface area contributed by atoms with Crippen molar-refractivity contribution in [2.24, 2.45) is 0 Å². The van der Waals surface area contributed by atoms with Crippen LogP contribution in [-0.4, -0.2) is 53.4 Å². The van der Waals surface area contributed by atoms with Crippen LogP contribution in [0.25, 0.3) is 0 Å². The summed E-state index contributed by atoms with van der Waals surface area (Å²) in [7, 11) is -5.62. The van der Waals surface area contributed by atoms with E-state index in [9.17, 15) is 16.8 Å². The lowest BCUT2D eigenvalue weighted by Crippen LogP contribution is -2.50. The zero-order valence-corrected chi connectivity index (χ0v) is 18.5. The first-order valence-corrected chi connectivity index (χ1v) is 13.3. The predicted octanol–water partition coefficient (Wildman–Crippen LogP) is 3.03. The van der Waals surface area contributed by atoms with E-state index in [0.29, 0.717) is 18.5 Å². The van der Waals surface area contributed by atoms with Gasteiger partial charge in [-0.3, -0.25) is 0 Å². The van der Waals surface area contributed by atoms with Crippen molar-refractivity contribution in [1.82, 2.24) is 4.90 Å². The maximum Gasteiger partial charge on any atom is 0.198 e. The Balaban J connectivity index is 1.75. The summed E-state index contributed by atoms with van der Waals surface area (Å²) < 4.78 is 50.6. The van der Waals surface area contributed by atoms with Crippen molar-refractivity contribution in [2.45, 2.75) is 29.8 Å². The number of benzene rings is 2. The van der Waals surface area contributed by atoms with Crippen LogP contribution in [-0.2, 0) is 30.2 Å². The van der Waals surface area contributed by atoms with Crippen LogP contribution in [0.2, 0.25) is 0 Å². The largest absolute Gasteiger partial charge is 0.306 e. The van der Waals surface area contributed by atoms with E-state index in [2.05, 4.69) is 17.0 Å². The SMILES string of the molecule is CN(CCCC1(c2ccccc2)S(=O)(=O)CCCS1(=O)=O)CCc1ccccc1. The molecule has 1 aliphatic heterocycles. The summed E-state index contributed by atoms with van der Waals surface area (Å²) in [5.74, 6) is -0.157. The fourth-order valence-corrected chi connectivity index (χ4v) is 9.97. The van der Waals surface area contributed by atoms with Gasteiger partial charge < -0.3 is 4.90 Å². The highest BCUT2D eigenvalue weighted by molar-refractivity contribution is 8.10. The summed E-state index contributed by atoms with van der Waals surface area (Å²) in [4.78, 5) is 2.13. The quantitative estimate of drug-likeness (QED) is 0.637. The Kier molecular flexibility index (Phi) is 6.81. The minimum Gasteiger partial charge on any atom is -0.306 e. The molecule has 0 bridgehead atoms. The zero-order valence-electron chi connectivity index (χ0n) is 16.8. The molecule has 29 heavy (non-hydrogen) atoms. The minimum absolute atomic E-state index is 0.0784. The molecule has 0 spiro atoms. The Hall–Kier alpha value is -1.70. The van der Waals surface area contributed by atoms with E-state index >= 15 is 0 Å². The molecule has 3 rings (SSSR count). The molecular formula is C22H29NO4S2. The molecule has 1 saturated heterocycles. The predicted molar refractivity (Wildman–Crippen MR) is 117 cm³/mol. The van der Waals surface area contributed by atoms with Crippen molar-refractivity contribution in [3.63, 3.8) is 0 Å². The van der Waals surface area contributed by atoms with Gasteiger partial charge in [-0.05, 0) is 50.4 Å². The second-order valence-electron chi connectivity index (χ2n) is 7.75. The molecule has 1 fully saturated rings. The molecule has 0 atom stereocenters. The van der Waals surface area contributed by atoms with Gasteiger partial charge in [0, 0.05) is 6.54 Å². The second kappa shape index (κ2) is 8.98. The number of hydrogen-bond acceptors (Lipinski definition) is 5. The van der Waals surface area contributed by atoms with Crippen molar-refractivity contribution in [3.05, 3.63) is 71.8 Å². The normalized spacial score (nSPS) is 19.8. The van der Waals surface area contributed by atoms with E-state index in [0.717, 1.165) is 13.0 Å². The van der Waals surface area contributed by atoms with Crippen LogP contribution in [0.5, 0.6) is 0 Å². The van der Waals surface area contributed by atoms with E-state index in [1.165, 1.54) is 5.56 Å². The van der Waals surface area contributed by atoms with Gasteiger partial charge in [-0.2, -0.15) is 0 Å². The van der Waals surface area contributed by atoms with Gasteiger partial charge in [0.05, 0.1) is 11.5 Å². The fraction of sp³-hybridized carbons (Fsp3) is 0.455. The molecule has 1 heterocycles. The standard InChI is InChI=1S/C22H29NO4S2/c1-23(17-14-20-10-4-2-5-11-20)16-8-15-22(21-12-6-3-7-13-21)28(24,25)18-9-19-29(22,26)27/h2-7,10-13H,8-9,14-19H2,1H3. The number of nitrogens with zero attached hydrogens (tertiary/aromatic N) is 1. The molecule has 0 aromatic heterocycles. The van der Waals surface area contributed by atoms with Gasteiger partial charge in [-0.1, -0.05) is 60.7 Å². The summed E-state index contributed by atoms with van der Waals surface area (Å²) in [6.07, 6.45) is 1.67. The van der Waals surface area contributed by atoms with E-state index < -0.39 is 23.8 Å². The van der Waals surface area contributed by atoms with Crippen LogP contribution in [0.3, 0.4) is 0 Å². The number of hydrogen-bond donors (Lipinski definition) is 0. The van der Waals surface area contributed by atoms with Crippen LogP contribution in [0.1, 0.15) is 30.4 Å². The maximum absolute atomic E-state index is 13.1. The van der Waals surface area contributed by atoms with Crippen molar-refractivity contribution >= 4 is 19.7 Å². The molecule has 2 aromatic carbocycles. The van der Waals surface area contributed by atoms with E-state index in [1.807, 2.05) is 25.2 Å². The monoisotopic (exact) mass is 435 g/mol. The molecule has 0 N–H and O–H groups in total. The second-order valence-corrected chi connectivity index (χ2v) is 12.7. The Labute approximate surface area is 174 Å². The lowest BCUT2D eigenvalue weighted by atomic mass is 10.1. The van der Waals surface area contributed by atoms with Gasteiger partial charge in [0.15, 0.2) is 23.8 Å². The third-order valence-electron chi connectivity index (χ3n) is 5.72. The Morgan fingerprint density at radius 3 is 1.97 bits per heavy atom. The first kappa shape index (κ1) is 22.0. The summed E-state index contributed by atoms with van der Waals surface area (Å²) >= 11 is 0. The summed E-state index contributed by atoms with van der Waals surface area (Å²) in [6, 6.07) is 18.6. The van der Waals surface area contributed by atoms with Gasteiger partial charge in [-0.15, -0.1) is 0 Å². The Morgan fingerprint density at radius 2 is 1.38 bits per heavy atom. The van der Waals surface area contributed by atoms with Crippen LogP contribution < -0.4 is 0 Å². The van der Waals surface area contributed by atoms with E-state index in [4.69, 9.17) is 0 Å². The highest BCUT2D eigenvalue weighted by Crippen LogP contribution is 2.44. The number of sulfone groups is 2. The lowest BCUT2D eigenvalue weighted by Gasteiger charge is -2.37. The minimum atomic E-state index is -3.81. The third kappa shape index (κ3) is 4.57. The van der Waals surface area contributed by atoms with Crippen molar-refractivity contribution < 1.29 is 16.8 Å². The van der Waals surface area contributed by atoms with E-state index in [-0.39, 0.29) is 24.3 Å². The smallest absolute Gasteiger partial charge is 0.198 e. The zero-order chi connectivity index (χ0) is 21.0. The highest BCUT2D eigenvalue weighted by Gasteiger charge is 2.57. The van der Waals surface area contributed by atoms with Gasteiger partial charge >= 0.3 is 0 Å². The first-order chi connectivity index (χ1) is 13.8. The maximum atomic E-state index is 13.1. The lowest BCUT2D eigenvalue weighted by molar-refractivity contribution is 0.326. The molecule has 158 valence electrons. The van der Waals surface area contributed by atoms with Gasteiger partial charge in [0.1, 0.15) is 0 Å². The van der Waals surface area contributed by atoms with E-state index in [1.54, 1.807) is 30.3 Å². The van der Waals surface area contributed by atoms with Crippen LogP contribution in [0.15, 0.2) is 60.7 Å². The summed E-state index contributed by atoms with van der Waals surface area (Å²) in [5.41, 5.74) is 1.63. The molecule has 5 nitrogen and oxygen atoms in total. The molecule has 0 amide bonds. The Bertz CT molecular complexity index is 969. The van der Waals surface area contributed by atoms with Crippen molar-refractivity contribution in [2.75, 3.05) is 31.6 Å². The summed E-state index contributed by atoms with van der Waals surface area (Å²) in [6.45, 7) is 1.48. The van der Waals surface area contributed by atoms with Crippen LogP contribution in [0.4, 0.5) is 0 Å². The number of likely N-dealkylation sites (N-methyl/N-ethyl adjacent to an activating group) is 1. The van der Waals surface area contributed by atoms with Gasteiger partial charge in [-0.25, -0.2) is 16.8 Å². The fourth-order valence-electron chi connectivity index (χ4n) is 4.13. The van der Waals surface area contributed by atoms with Crippen LogP contribution >= 0.6 is 0 Å². The van der Waals surface area contributed by atoms with Gasteiger partial charge in [0.2, 0.25) is 0 Å². The Morgan fingerprint density at radius 1 is 0.828 bits per heavy atom. The summed E-state index contributed by atoms with van der Waals surface area (Å²) in [5, 5.41) is 0. The topological polar surface area (TPSA) is 71.5 Å². The van der Waals surface area contributed by atoms with Crippen LogP contribution in [0, 0.1) is 0 Å². The molecule has 0 aliphatic carbocycles. The average Bonchev–Trinajstić information content (AvgIpc) is 2.69. The van der Waals surface area contributed by atoms with Crippen molar-refractivity contribution in [3.8, 4) is 0 Å². The molecule has 0 unspecified atom stereocenters. The molecule has 0 saturated carbocycles. The molecular weight excluding hydrogens is 406 g/mol. The molecule has 7 heteroatoms. The number of rotatable bonds is 8.